The lowest BCUT2D eigenvalue weighted by Gasteiger charge is -2.10. The molecule has 0 aliphatic carbocycles. The Morgan fingerprint density at radius 3 is 2.53 bits per heavy atom. The molecule has 1 fully saturated rings. The van der Waals surface area contributed by atoms with E-state index in [2.05, 4.69) is 5.32 Å². The number of rotatable bonds is 6. The number of carboxylic acids is 1. The van der Waals surface area contributed by atoms with Crippen LogP contribution in [0, 0.1) is 0 Å². The van der Waals surface area contributed by atoms with E-state index in [-0.39, 0.29) is 37.5 Å². The molecule has 0 saturated carbocycles. The van der Waals surface area contributed by atoms with Gasteiger partial charge in [-0.05, 0) is 19.3 Å². The smallest absolute Gasteiger partial charge is 0.303 e. The highest BCUT2D eigenvalue weighted by atomic mass is 32.2. The summed E-state index contributed by atoms with van der Waals surface area (Å²) >= 11 is 0. The highest BCUT2D eigenvalue weighted by molar-refractivity contribution is 7.92. The number of aliphatic carboxylic acids is 1. The van der Waals surface area contributed by atoms with Gasteiger partial charge in [-0.15, -0.1) is 0 Å². The lowest BCUT2D eigenvalue weighted by atomic mass is 10.2. The third-order valence-corrected chi connectivity index (χ3v) is 5.06. The highest BCUT2D eigenvalue weighted by Gasteiger charge is 2.31. The third-order valence-electron chi connectivity index (χ3n) is 2.78. The molecule has 0 spiro atoms. The maximum Gasteiger partial charge on any atom is 0.303 e. The number of carbonyl (C=O) groups excluding carboxylic acids is 1. The van der Waals surface area contributed by atoms with Crippen LogP contribution in [0.3, 0.4) is 0 Å². The molecule has 1 heterocycles. The molecule has 0 aromatic rings. The van der Waals surface area contributed by atoms with Crippen molar-refractivity contribution < 1.29 is 23.1 Å². The Morgan fingerprint density at radius 1 is 1.29 bits per heavy atom. The lowest BCUT2D eigenvalue weighted by molar-refractivity contribution is -0.137. The largest absolute Gasteiger partial charge is 0.481 e. The zero-order valence-electron chi connectivity index (χ0n) is 9.52. The molecule has 0 radical (unpaired) electrons. The van der Waals surface area contributed by atoms with Crippen molar-refractivity contribution in [1.82, 2.24) is 5.32 Å². The van der Waals surface area contributed by atoms with Gasteiger partial charge in [0.2, 0.25) is 5.91 Å². The molecular formula is C10H17NO5S. The Kier molecular flexibility index (Phi) is 4.92. The molecule has 1 aliphatic rings. The number of sulfone groups is 1. The van der Waals surface area contributed by atoms with Gasteiger partial charge in [-0.2, -0.15) is 0 Å². The van der Waals surface area contributed by atoms with E-state index in [1.165, 1.54) is 0 Å². The van der Waals surface area contributed by atoms with Crippen molar-refractivity contribution in [3.63, 3.8) is 0 Å². The van der Waals surface area contributed by atoms with Crippen LogP contribution >= 0.6 is 0 Å². The van der Waals surface area contributed by atoms with Gasteiger partial charge in [-0.1, -0.05) is 0 Å². The molecule has 0 aromatic heterocycles. The Hall–Kier alpha value is -1.11. The van der Waals surface area contributed by atoms with Crippen LogP contribution in [0.2, 0.25) is 0 Å². The number of carboxylic acid groups (broad SMARTS) is 1. The number of amides is 1. The van der Waals surface area contributed by atoms with Crippen LogP contribution < -0.4 is 5.32 Å². The Morgan fingerprint density at radius 2 is 2.00 bits per heavy atom. The summed E-state index contributed by atoms with van der Waals surface area (Å²) in [5, 5.41) is 10.5. The van der Waals surface area contributed by atoms with Crippen molar-refractivity contribution in [2.24, 2.45) is 0 Å². The van der Waals surface area contributed by atoms with Gasteiger partial charge in [-0.3, -0.25) is 9.59 Å². The van der Waals surface area contributed by atoms with Crippen LogP contribution in [0.4, 0.5) is 0 Å². The van der Waals surface area contributed by atoms with E-state index in [9.17, 15) is 18.0 Å². The maximum absolute atomic E-state index is 11.4. The Bertz CT molecular complexity index is 390. The van der Waals surface area contributed by atoms with Gasteiger partial charge in [0.05, 0.1) is 11.0 Å². The number of carbonyl (C=O) groups is 2. The van der Waals surface area contributed by atoms with E-state index >= 15 is 0 Å². The number of nitrogens with one attached hydrogen (secondary N) is 1. The van der Waals surface area contributed by atoms with Crippen molar-refractivity contribution >= 4 is 21.7 Å². The van der Waals surface area contributed by atoms with Crippen LogP contribution in [0.25, 0.3) is 0 Å². The summed E-state index contributed by atoms with van der Waals surface area (Å²) < 4.78 is 22.9. The van der Waals surface area contributed by atoms with Gasteiger partial charge >= 0.3 is 5.97 Å². The first-order chi connectivity index (χ1) is 7.92. The van der Waals surface area contributed by atoms with E-state index in [0.29, 0.717) is 12.8 Å². The van der Waals surface area contributed by atoms with E-state index in [1.54, 1.807) is 0 Å². The Balaban J connectivity index is 2.22. The number of hydrogen-bond acceptors (Lipinski definition) is 4. The topological polar surface area (TPSA) is 101 Å². The third kappa shape index (κ3) is 4.72. The van der Waals surface area contributed by atoms with Crippen molar-refractivity contribution in [2.45, 2.75) is 37.4 Å². The fraction of sp³-hybridized carbons (Fsp3) is 0.800. The predicted molar refractivity (Wildman–Crippen MR) is 61.3 cm³/mol. The second-order valence-electron chi connectivity index (χ2n) is 4.18. The van der Waals surface area contributed by atoms with E-state index in [4.69, 9.17) is 5.11 Å². The summed E-state index contributed by atoms with van der Waals surface area (Å²) in [5.74, 6) is -1.02. The molecule has 2 N–H and O–H groups in total. The molecule has 1 saturated heterocycles. The van der Waals surface area contributed by atoms with Crippen LogP contribution in [0.5, 0.6) is 0 Å². The molecule has 17 heavy (non-hydrogen) atoms. The molecule has 1 aliphatic heterocycles. The molecule has 1 amide bonds. The van der Waals surface area contributed by atoms with Gasteiger partial charge in [0.1, 0.15) is 0 Å². The van der Waals surface area contributed by atoms with Crippen LogP contribution in [-0.4, -0.2) is 42.9 Å². The molecule has 98 valence electrons. The quantitative estimate of drug-likeness (QED) is 0.699. The van der Waals surface area contributed by atoms with Gasteiger partial charge in [-0.25, -0.2) is 8.42 Å². The van der Waals surface area contributed by atoms with Crippen LogP contribution in [0.1, 0.15) is 32.1 Å². The molecular weight excluding hydrogens is 246 g/mol. The van der Waals surface area contributed by atoms with Gasteiger partial charge in [0.25, 0.3) is 0 Å². The van der Waals surface area contributed by atoms with Crippen molar-refractivity contribution in [3.05, 3.63) is 0 Å². The average molecular weight is 263 g/mol. The fourth-order valence-corrected chi connectivity index (χ4v) is 3.57. The van der Waals surface area contributed by atoms with Gasteiger partial charge in [0.15, 0.2) is 9.84 Å². The summed E-state index contributed by atoms with van der Waals surface area (Å²) in [6, 6.07) is 0. The number of hydrogen-bond donors (Lipinski definition) is 2. The van der Waals surface area contributed by atoms with Crippen molar-refractivity contribution in [1.29, 1.82) is 0 Å². The molecule has 6 nitrogen and oxygen atoms in total. The van der Waals surface area contributed by atoms with Crippen molar-refractivity contribution in [2.75, 3.05) is 12.3 Å². The fourth-order valence-electron chi connectivity index (χ4n) is 1.80. The molecule has 1 unspecified atom stereocenters. The minimum absolute atomic E-state index is 0.0465. The summed E-state index contributed by atoms with van der Waals surface area (Å²) in [7, 11) is -3.03. The van der Waals surface area contributed by atoms with Gasteiger partial charge in [0, 0.05) is 19.4 Å². The van der Waals surface area contributed by atoms with E-state index in [0.717, 1.165) is 0 Å². The second-order valence-corrected chi connectivity index (χ2v) is 6.58. The molecule has 1 rings (SSSR count). The average Bonchev–Trinajstić information content (AvgIpc) is 2.54. The normalized spacial score (nSPS) is 22.2. The van der Waals surface area contributed by atoms with Gasteiger partial charge < -0.3 is 10.4 Å². The monoisotopic (exact) mass is 263 g/mol. The minimum atomic E-state index is -3.03. The van der Waals surface area contributed by atoms with E-state index < -0.39 is 21.1 Å². The Labute approximate surface area is 100 Å². The standard InChI is InChI=1S/C10H17NO5S/c12-9(4-1-5-10(13)14)11-7-8-3-2-6-17(8,15)16/h8H,1-7H2,(H,11,12)(H,13,14). The first kappa shape index (κ1) is 14.0. The SMILES string of the molecule is O=C(O)CCCC(=O)NCC1CCCS1(=O)=O. The highest BCUT2D eigenvalue weighted by Crippen LogP contribution is 2.18. The van der Waals surface area contributed by atoms with Crippen molar-refractivity contribution in [3.8, 4) is 0 Å². The zero-order valence-corrected chi connectivity index (χ0v) is 10.3. The van der Waals surface area contributed by atoms with Crippen LogP contribution in [-0.2, 0) is 19.4 Å². The summed E-state index contributed by atoms with van der Waals surface area (Å²) in [4.78, 5) is 21.5. The molecule has 1 atom stereocenters. The van der Waals surface area contributed by atoms with E-state index in [1.807, 2.05) is 0 Å². The maximum atomic E-state index is 11.4. The first-order valence-electron chi connectivity index (χ1n) is 5.62. The summed E-state index contributed by atoms with van der Waals surface area (Å²) in [5.41, 5.74) is 0. The minimum Gasteiger partial charge on any atom is -0.481 e. The molecule has 7 heteroatoms. The predicted octanol–water partition coefficient (Wildman–Crippen LogP) is -0.0653. The second kappa shape index (κ2) is 6.00. The first-order valence-corrected chi connectivity index (χ1v) is 7.33. The summed E-state index contributed by atoms with van der Waals surface area (Å²) in [6.45, 7) is 0.147. The summed E-state index contributed by atoms with van der Waals surface area (Å²) in [6.07, 6.45) is 1.60. The zero-order chi connectivity index (χ0) is 12.9. The van der Waals surface area contributed by atoms with Crippen LogP contribution in [0.15, 0.2) is 0 Å². The molecule has 0 aromatic carbocycles. The lowest BCUT2D eigenvalue weighted by Crippen LogP contribution is -2.34. The molecule has 0 bridgehead atoms.